The normalized spacial score (nSPS) is 12.8. The first kappa shape index (κ1) is 13.0. The molecule has 0 N–H and O–H groups in total. The summed E-state index contributed by atoms with van der Waals surface area (Å²) in [5, 5.41) is 11.8. The van der Waals surface area contributed by atoms with Crippen molar-refractivity contribution in [2.75, 3.05) is 0 Å². The van der Waals surface area contributed by atoms with Gasteiger partial charge in [0.2, 0.25) is 5.89 Å². The maximum Gasteiger partial charge on any atom is 0.248 e. The van der Waals surface area contributed by atoms with E-state index >= 15 is 0 Å². The van der Waals surface area contributed by atoms with E-state index in [2.05, 4.69) is 27.4 Å². The molecule has 2 heterocycles. The Morgan fingerprint density at radius 1 is 1.44 bits per heavy atom. The van der Waals surface area contributed by atoms with Crippen molar-refractivity contribution >= 4 is 11.6 Å². The highest BCUT2D eigenvalue weighted by Crippen LogP contribution is 2.20. The summed E-state index contributed by atoms with van der Waals surface area (Å²) < 4.78 is 6.79. The van der Waals surface area contributed by atoms with Gasteiger partial charge in [-0.2, -0.15) is 4.98 Å². The lowest BCUT2D eigenvalue weighted by Crippen LogP contribution is -2.01. The Labute approximate surface area is 110 Å². The van der Waals surface area contributed by atoms with Crippen molar-refractivity contribution in [1.29, 1.82) is 0 Å². The average Bonchev–Trinajstić information content (AvgIpc) is 2.99. The maximum atomic E-state index is 6.09. The Kier molecular flexibility index (Phi) is 4.30. The summed E-state index contributed by atoms with van der Waals surface area (Å²) in [6.45, 7) is 4.51. The van der Waals surface area contributed by atoms with Gasteiger partial charge in [-0.3, -0.25) is 0 Å². The molecule has 0 aliphatic heterocycles. The van der Waals surface area contributed by atoms with Gasteiger partial charge >= 0.3 is 0 Å². The summed E-state index contributed by atoms with van der Waals surface area (Å²) >= 11 is 6.09. The van der Waals surface area contributed by atoms with Gasteiger partial charge in [-0.1, -0.05) is 24.2 Å². The van der Waals surface area contributed by atoms with Crippen LogP contribution in [-0.4, -0.2) is 25.1 Å². The third kappa shape index (κ3) is 3.07. The minimum Gasteiger partial charge on any atom is -0.337 e. The minimum atomic E-state index is -0.0999. The van der Waals surface area contributed by atoms with E-state index in [0.29, 0.717) is 12.4 Å². The number of aromatic nitrogens is 5. The van der Waals surface area contributed by atoms with Crippen molar-refractivity contribution in [2.24, 2.45) is 0 Å². The second-order valence-electron chi connectivity index (χ2n) is 4.07. The molecule has 6 nitrogen and oxygen atoms in total. The molecule has 0 radical (unpaired) electrons. The molecule has 2 aromatic rings. The summed E-state index contributed by atoms with van der Waals surface area (Å²) in [7, 11) is 0. The van der Waals surface area contributed by atoms with E-state index in [-0.39, 0.29) is 5.38 Å². The molecular formula is C11H16ClN5O. The summed E-state index contributed by atoms with van der Waals surface area (Å²) in [6.07, 6.45) is 4.45. The molecule has 18 heavy (non-hydrogen) atoms. The van der Waals surface area contributed by atoms with Gasteiger partial charge in [0.15, 0.2) is 5.82 Å². The highest BCUT2D eigenvalue weighted by atomic mass is 35.5. The van der Waals surface area contributed by atoms with Crippen molar-refractivity contribution in [2.45, 2.75) is 45.0 Å². The number of rotatable bonds is 6. The molecule has 0 bridgehead atoms. The van der Waals surface area contributed by atoms with Gasteiger partial charge in [-0.15, -0.1) is 16.7 Å². The highest BCUT2D eigenvalue weighted by Gasteiger charge is 2.12. The fraction of sp³-hybridized carbons (Fsp3) is 0.636. The van der Waals surface area contributed by atoms with Gasteiger partial charge in [0.25, 0.3) is 0 Å². The van der Waals surface area contributed by atoms with Crippen molar-refractivity contribution in [3.63, 3.8) is 0 Å². The molecule has 98 valence electrons. The van der Waals surface area contributed by atoms with Crippen LogP contribution in [0.4, 0.5) is 0 Å². The van der Waals surface area contributed by atoms with Crippen LogP contribution in [0.25, 0.3) is 0 Å². The molecule has 2 rings (SSSR count). The van der Waals surface area contributed by atoms with Gasteiger partial charge in [0, 0.05) is 6.42 Å². The molecule has 0 saturated heterocycles. The Hall–Kier alpha value is -1.43. The zero-order valence-electron chi connectivity index (χ0n) is 10.5. The van der Waals surface area contributed by atoms with Crippen LogP contribution in [0.1, 0.15) is 49.5 Å². The lowest BCUT2D eigenvalue weighted by Gasteiger charge is -1.98. The fourth-order valence-corrected chi connectivity index (χ4v) is 1.66. The average molecular weight is 270 g/mol. The second kappa shape index (κ2) is 5.95. The minimum absolute atomic E-state index is 0.0999. The van der Waals surface area contributed by atoms with Crippen molar-refractivity contribution in [1.82, 2.24) is 25.1 Å². The number of aryl methyl sites for hydroxylation is 1. The van der Waals surface area contributed by atoms with Crippen molar-refractivity contribution < 1.29 is 4.52 Å². The molecule has 0 spiro atoms. The van der Waals surface area contributed by atoms with Gasteiger partial charge in [-0.25, -0.2) is 4.68 Å². The van der Waals surface area contributed by atoms with Gasteiger partial charge in [0.05, 0.1) is 11.6 Å². The van der Waals surface area contributed by atoms with Crippen LogP contribution >= 0.6 is 11.6 Å². The van der Waals surface area contributed by atoms with Crippen LogP contribution in [0.5, 0.6) is 0 Å². The Balaban J connectivity index is 2.01. The lowest BCUT2D eigenvalue weighted by atomic mass is 10.3. The summed E-state index contributed by atoms with van der Waals surface area (Å²) in [4.78, 5) is 4.27. The topological polar surface area (TPSA) is 69.6 Å². The predicted octanol–water partition coefficient (Wildman–Crippen LogP) is 2.35. The zero-order chi connectivity index (χ0) is 13.0. The summed E-state index contributed by atoms with van der Waals surface area (Å²) in [5.41, 5.74) is 0.771. The van der Waals surface area contributed by atoms with E-state index in [1.807, 2.05) is 13.1 Å². The SMILES string of the molecule is CCCc1noc(Cn2cc(C(Cl)CC)nn2)n1. The van der Waals surface area contributed by atoms with E-state index in [0.717, 1.165) is 30.8 Å². The Morgan fingerprint density at radius 2 is 2.28 bits per heavy atom. The van der Waals surface area contributed by atoms with Gasteiger partial charge in [-0.05, 0) is 12.8 Å². The molecule has 1 unspecified atom stereocenters. The zero-order valence-corrected chi connectivity index (χ0v) is 11.3. The van der Waals surface area contributed by atoms with E-state index in [1.54, 1.807) is 4.68 Å². The van der Waals surface area contributed by atoms with E-state index < -0.39 is 0 Å². The molecule has 0 aliphatic rings. The third-order valence-corrected chi connectivity index (χ3v) is 3.05. The number of hydrogen-bond acceptors (Lipinski definition) is 5. The quantitative estimate of drug-likeness (QED) is 0.753. The maximum absolute atomic E-state index is 6.09. The lowest BCUT2D eigenvalue weighted by molar-refractivity contribution is 0.359. The Morgan fingerprint density at radius 3 is 3.00 bits per heavy atom. The second-order valence-corrected chi connectivity index (χ2v) is 4.60. The fourth-order valence-electron chi connectivity index (χ4n) is 1.56. The Bertz CT molecular complexity index is 495. The molecule has 0 aliphatic carbocycles. The van der Waals surface area contributed by atoms with Crippen LogP contribution in [0, 0.1) is 0 Å². The molecule has 0 fully saturated rings. The van der Waals surface area contributed by atoms with Crippen LogP contribution in [0.2, 0.25) is 0 Å². The molecule has 0 amide bonds. The molecule has 7 heteroatoms. The van der Waals surface area contributed by atoms with E-state index in [1.165, 1.54) is 0 Å². The smallest absolute Gasteiger partial charge is 0.248 e. The third-order valence-electron chi connectivity index (χ3n) is 2.52. The molecular weight excluding hydrogens is 254 g/mol. The van der Waals surface area contributed by atoms with Gasteiger partial charge in [0.1, 0.15) is 12.2 Å². The number of hydrogen-bond donors (Lipinski definition) is 0. The molecule has 0 aromatic carbocycles. The first-order valence-corrected chi connectivity index (χ1v) is 6.52. The number of alkyl halides is 1. The van der Waals surface area contributed by atoms with Crippen LogP contribution in [0.15, 0.2) is 10.7 Å². The standard InChI is InChI=1S/C11H16ClN5O/c1-3-5-10-13-11(18-15-10)7-17-6-9(14-16-17)8(12)4-2/h6,8H,3-5,7H2,1-2H3. The first-order valence-electron chi connectivity index (χ1n) is 6.08. The van der Waals surface area contributed by atoms with Crippen LogP contribution in [0.3, 0.4) is 0 Å². The number of nitrogens with zero attached hydrogens (tertiary/aromatic N) is 5. The molecule has 1 atom stereocenters. The highest BCUT2D eigenvalue weighted by molar-refractivity contribution is 6.20. The monoisotopic (exact) mass is 269 g/mol. The van der Waals surface area contributed by atoms with Crippen molar-refractivity contribution in [3.8, 4) is 0 Å². The molecule has 2 aromatic heterocycles. The summed E-state index contributed by atoms with van der Waals surface area (Å²) in [6, 6.07) is 0. The molecule has 0 saturated carbocycles. The summed E-state index contributed by atoms with van der Waals surface area (Å²) in [5.74, 6) is 1.27. The first-order chi connectivity index (χ1) is 8.72. The van der Waals surface area contributed by atoms with E-state index in [4.69, 9.17) is 16.1 Å². The largest absolute Gasteiger partial charge is 0.337 e. The predicted molar refractivity (Wildman–Crippen MR) is 66.3 cm³/mol. The van der Waals surface area contributed by atoms with Gasteiger partial charge < -0.3 is 4.52 Å². The van der Waals surface area contributed by atoms with Crippen LogP contribution < -0.4 is 0 Å². The van der Waals surface area contributed by atoms with E-state index in [9.17, 15) is 0 Å². The van der Waals surface area contributed by atoms with Crippen LogP contribution in [-0.2, 0) is 13.0 Å². The van der Waals surface area contributed by atoms with Crippen molar-refractivity contribution in [3.05, 3.63) is 23.6 Å². The number of halogens is 1.